The van der Waals surface area contributed by atoms with Gasteiger partial charge in [0.1, 0.15) is 0 Å². The first-order chi connectivity index (χ1) is 6.86. The predicted molar refractivity (Wildman–Crippen MR) is 62.9 cm³/mol. The first-order valence-corrected chi connectivity index (χ1v) is 5.46. The number of thiophene rings is 1. The fourth-order valence-corrected chi connectivity index (χ4v) is 3.05. The van der Waals surface area contributed by atoms with Crippen LogP contribution in [-0.2, 0) is 0 Å². The van der Waals surface area contributed by atoms with Crippen molar-refractivity contribution in [3.63, 3.8) is 0 Å². The van der Waals surface area contributed by atoms with Crippen LogP contribution in [0.3, 0.4) is 0 Å². The molecule has 0 spiro atoms. The molecule has 0 atom stereocenters. The van der Waals surface area contributed by atoms with Gasteiger partial charge in [0.05, 0.1) is 0 Å². The van der Waals surface area contributed by atoms with E-state index in [1.54, 1.807) is 0 Å². The Kier molecular flexibility index (Phi) is 1.62. The normalized spacial score (nSPS) is 11.2. The molecule has 0 unspecified atom stereocenters. The molecule has 14 heavy (non-hydrogen) atoms. The molecule has 1 heterocycles. The minimum atomic E-state index is 1.32. The Balaban J connectivity index is 2.65. The van der Waals surface area contributed by atoms with Crippen molar-refractivity contribution in [3.8, 4) is 0 Å². The van der Waals surface area contributed by atoms with Gasteiger partial charge in [-0.2, -0.15) is 0 Å². The second-order valence-electron chi connectivity index (χ2n) is 3.48. The molecule has 1 heteroatoms. The van der Waals surface area contributed by atoms with Crippen LogP contribution in [0.5, 0.6) is 0 Å². The second-order valence-corrected chi connectivity index (χ2v) is 4.56. The van der Waals surface area contributed by atoms with Crippen molar-refractivity contribution < 1.29 is 0 Å². The maximum atomic E-state index is 3.18. The van der Waals surface area contributed by atoms with Crippen LogP contribution in [0.25, 0.3) is 20.2 Å². The highest BCUT2D eigenvalue weighted by Gasteiger charge is 2.05. The molecular formula is C13H9S. The number of benzene rings is 2. The van der Waals surface area contributed by atoms with E-state index < -0.39 is 0 Å². The Morgan fingerprint density at radius 2 is 1.93 bits per heavy atom. The summed E-state index contributed by atoms with van der Waals surface area (Å²) < 4.78 is 2.70. The van der Waals surface area contributed by atoms with Crippen molar-refractivity contribution in [1.82, 2.24) is 0 Å². The first kappa shape index (κ1) is 8.01. The molecule has 0 aliphatic heterocycles. The molecule has 0 bridgehead atoms. The summed E-state index contributed by atoms with van der Waals surface area (Å²) in [7, 11) is 0. The summed E-state index contributed by atoms with van der Waals surface area (Å²) in [5.74, 6) is 0. The molecule has 3 aromatic rings. The molecule has 0 aliphatic carbocycles. The van der Waals surface area contributed by atoms with Crippen molar-refractivity contribution in [2.45, 2.75) is 6.92 Å². The molecule has 0 saturated carbocycles. The zero-order chi connectivity index (χ0) is 9.54. The molecule has 0 fully saturated rings. The molecule has 0 N–H and O–H groups in total. The van der Waals surface area contributed by atoms with Gasteiger partial charge in [-0.1, -0.05) is 24.3 Å². The maximum absolute atomic E-state index is 3.18. The fourth-order valence-electron chi connectivity index (χ4n) is 1.89. The number of hydrogen-bond acceptors (Lipinski definition) is 1. The van der Waals surface area contributed by atoms with Gasteiger partial charge in [-0.15, -0.1) is 11.3 Å². The predicted octanol–water partition coefficient (Wildman–Crippen LogP) is 4.16. The highest BCUT2D eigenvalue weighted by molar-refractivity contribution is 7.25. The summed E-state index contributed by atoms with van der Waals surface area (Å²) in [6.45, 7) is 2.15. The van der Waals surface area contributed by atoms with E-state index in [1.165, 1.54) is 25.7 Å². The van der Waals surface area contributed by atoms with E-state index in [1.807, 2.05) is 11.3 Å². The number of aryl methyl sites for hydroxylation is 1. The van der Waals surface area contributed by atoms with Gasteiger partial charge >= 0.3 is 0 Å². The van der Waals surface area contributed by atoms with Crippen LogP contribution in [-0.4, -0.2) is 0 Å². The van der Waals surface area contributed by atoms with Crippen LogP contribution in [0.15, 0.2) is 36.4 Å². The Labute approximate surface area is 86.8 Å². The summed E-state index contributed by atoms with van der Waals surface area (Å²) in [5.41, 5.74) is 1.32. The summed E-state index contributed by atoms with van der Waals surface area (Å²) in [6, 6.07) is 15.9. The number of hydrogen-bond donors (Lipinski definition) is 0. The van der Waals surface area contributed by atoms with Crippen LogP contribution in [0.1, 0.15) is 5.56 Å². The monoisotopic (exact) mass is 197 g/mol. The van der Waals surface area contributed by atoms with Crippen LogP contribution in [0.2, 0.25) is 0 Å². The lowest BCUT2D eigenvalue weighted by Crippen LogP contribution is -1.72. The average Bonchev–Trinajstić information content (AvgIpc) is 2.57. The van der Waals surface area contributed by atoms with E-state index in [4.69, 9.17) is 0 Å². The molecule has 0 saturated heterocycles. The zero-order valence-corrected chi connectivity index (χ0v) is 8.69. The van der Waals surface area contributed by atoms with E-state index in [9.17, 15) is 0 Å². The standard InChI is InChI=1S/C13H9S/c1-9-5-4-8-12-13(9)10-6-2-3-7-11(10)14-12/h2-3,5-8H,1H3. The van der Waals surface area contributed by atoms with Gasteiger partial charge < -0.3 is 0 Å². The lowest BCUT2D eigenvalue weighted by molar-refractivity contribution is 1.55. The molecular weight excluding hydrogens is 188 g/mol. The lowest BCUT2D eigenvalue weighted by Gasteiger charge is -1.94. The molecule has 0 nitrogen and oxygen atoms in total. The smallest absolute Gasteiger partial charge is 0.0364 e. The quantitative estimate of drug-likeness (QED) is 0.507. The highest BCUT2D eigenvalue weighted by Crippen LogP contribution is 2.34. The largest absolute Gasteiger partial charge is 0.135 e. The number of rotatable bonds is 0. The van der Waals surface area contributed by atoms with Gasteiger partial charge in [-0.3, -0.25) is 0 Å². The topological polar surface area (TPSA) is 0 Å². The van der Waals surface area contributed by atoms with Gasteiger partial charge in [0, 0.05) is 20.2 Å². The van der Waals surface area contributed by atoms with E-state index in [0.29, 0.717) is 0 Å². The molecule has 0 aliphatic rings. The van der Waals surface area contributed by atoms with Crippen LogP contribution in [0.4, 0.5) is 0 Å². The van der Waals surface area contributed by atoms with Crippen LogP contribution < -0.4 is 0 Å². The molecule has 2 aromatic carbocycles. The minimum Gasteiger partial charge on any atom is -0.135 e. The third kappa shape index (κ3) is 0.992. The highest BCUT2D eigenvalue weighted by atomic mass is 32.1. The zero-order valence-electron chi connectivity index (χ0n) is 7.87. The third-order valence-electron chi connectivity index (χ3n) is 2.53. The van der Waals surface area contributed by atoms with E-state index in [2.05, 4.69) is 49.4 Å². The minimum absolute atomic E-state index is 1.32. The lowest BCUT2D eigenvalue weighted by atomic mass is 10.1. The fraction of sp³-hybridized carbons (Fsp3) is 0.0769. The van der Waals surface area contributed by atoms with E-state index in [-0.39, 0.29) is 0 Å². The van der Waals surface area contributed by atoms with E-state index >= 15 is 0 Å². The van der Waals surface area contributed by atoms with Crippen LogP contribution in [0, 0.1) is 13.0 Å². The Morgan fingerprint density at radius 1 is 1.07 bits per heavy atom. The van der Waals surface area contributed by atoms with Crippen molar-refractivity contribution in [3.05, 3.63) is 48.0 Å². The third-order valence-corrected chi connectivity index (χ3v) is 3.65. The number of fused-ring (bicyclic) bond motifs is 3. The molecule has 1 aromatic heterocycles. The first-order valence-electron chi connectivity index (χ1n) is 4.64. The molecule has 67 valence electrons. The second kappa shape index (κ2) is 2.82. The molecule has 1 radical (unpaired) electrons. The van der Waals surface area contributed by atoms with Crippen LogP contribution >= 0.6 is 11.3 Å². The molecule has 3 rings (SSSR count). The van der Waals surface area contributed by atoms with Crippen molar-refractivity contribution >= 4 is 31.5 Å². The summed E-state index contributed by atoms with van der Waals surface area (Å²) >= 11 is 1.84. The summed E-state index contributed by atoms with van der Waals surface area (Å²) in [4.78, 5) is 0. The Morgan fingerprint density at radius 3 is 2.86 bits per heavy atom. The van der Waals surface area contributed by atoms with E-state index in [0.717, 1.165) is 0 Å². The van der Waals surface area contributed by atoms with Gasteiger partial charge in [0.15, 0.2) is 0 Å². The van der Waals surface area contributed by atoms with Crippen molar-refractivity contribution in [1.29, 1.82) is 0 Å². The summed E-state index contributed by atoms with van der Waals surface area (Å²) in [5, 5.41) is 2.77. The average molecular weight is 197 g/mol. The summed E-state index contributed by atoms with van der Waals surface area (Å²) in [6.07, 6.45) is 0. The Hall–Kier alpha value is -1.34. The molecule has 0 amide bonds. The van der Waals surface area contributed by atoms with Gasteiger partial charge in [0.2, 0.25) is 0 Å². The van der Waals surface area contributed by atoms with Crippen molar-refractivity contribution in [2.24, 2.45) is 0 Å². The maximum Gasteiger partial charge on any atom is 0.0364 e. The van der Waals surface area contributed by atoms with Gasteiger partial charge in [-0.05, 0) is 30.7 Å². The van der Waals surface area contributed by atoms with Crippen molar-refractivity contribution in [2.75, 3.05) is 0 Å². The van der Waals surface area contributed by atoms with Gasteiger partial charge in [-0.25, -0.2) is 0 Å². The Bertz CT molecular complexity index is 605. The SMILES string of the molecule is Cc1c[c]cc2sc3ccccc3c12. The van der Waals surface area contributed by atoms with Gasteiger partial charge in [0.25, 0.3) is 0 Å².